The summed E-state index contributed by atoms with van der Waals surface area (Å²) in [5.74, 6) is 2.42. The molecule has 0 spiro atoms. The molecule has 3 heteroatoms. The van der Waals surface area contributed by atoms with Gasteiger partial charge in [-0.1, -0.05) is 66.7 Å². The van der Waals surface area contributed by atoms with Crippen molar-refractivity contribution in [2.75, 3.05) is 0 Å². The summed E-state index contributed by atoms with van der Waals surface area (Å²) in [6.45, 7) is 0. The minimum Gasteiger partial charge on any atom is -0.504 e. The zero-order valence-corrected chi connectivity index (χ0v) is 16.5. The fourth-order valence-electron chi connectivity index (χ4n) is 3.28. The second-order valence-electron chi connectivity index (χ2n) is 6.23. The van der Waals surface area contributed by atoms with Gasteiger partial charge in [-0.3, -0.25) is 0 Å². The molecule has 0 aliphatic rings. The molecule has 0 bridgehead atoms. The lowest BCUT2D eigenvalue weighted by Crippen LogP contribution is -2.28. The van der Waals surface area contributed by atoms with Crippen molar-refractivity contribution in [2.45, 2.75) is 0 Å². The smallest absolute Gasteiger partial charge is 0.161 e. The van der Waals surface area contributed by atoms with Gasteiger partial charge in [0.05, 0.1) is 0 Å². The van der Waals surface area contributed by atoms with Crippen molar-refractivity contribution in [3.63, 3.8) is 0 Å². The van der Waals surface area contributed by atoms with Crippen molar-refractivity contribution >= 4 is 39.6 Å². The molecule has 0 aliphatic heterocycles. The van der Waals surface area contributed by atoms with Gasteiger partial charge in [-0.2, -0.15) is 0 Å². The van der Waals surface area contributed by atoms with Crippen LogP contribution in [-0.2, 0) is 0 Å². The number of hydrogen-bond acceptors (Lipinski definition) is 2. The van der Waals surface area contributed by atoms with Crippen LogP contribution in [0.3, 0.4) is 0 Å². The van der Waals surface area contributed by atoms with Crippen molar-refractivity contribution in [1.82, 2.24) is 0 Å². The lowest BCUT2D eigenvalue weighted by atomic mass is 10.2. The van der Waals surface area contributed by atoms with E-state index < -0.39 is 7.26 Å². The van der Waals surface area contributed by atoms with Crippen LogP contribution in [0.5, 0.6) is 0 Å². The number of hydrogen-bond donors (Lipinski definition) is 1. The second-order valence-corrected chi connectivity index (χ2v) is 10.7. The maximum atomic E-state index is 11.1. The SMILES string of the molecule is O/C(=C\[P+](c1ccccc1)(c1ccccc1)c1cccs1)c1ccccc1. The number of rotatable bonds is 5. The number of thiophene rings is 1. The fraction of sp³-hybridized carbons (Fsp3) is 0. The molecule has 0 unspecified atom stereocenters. The lowest BCUT2D eigenvalue weighted by molar-refractivity contribution is 0.513. The summed E-state index contributed by atoms with van der Waals surface area (Å²) < 4.78 is 1.28. The molecule has 1 aromatic heterocycles. The Labute approximate surface area is 164 Å². The molecule has 0 saturated heterocycles. The molecule has 0 amide bonds. The molecule has 4 rings (SSSR count). The highest BCUT2D eigenvalue weighted by Gasteiger charge is 2.45. The summed E-state index contributed by atoms with van der Waals surface area (Å²) in [6.07, 6.45) is 0. The molecule has 0 aliphatic carbocycles. The van der Waals surface area contributed by atoms with Gasteiger partial charge in [0.25, 0.3) is 0 Å². The van der Waals surface area contributed by atoms with Gasteiger partial charge in [0.15, 0.2) is 17.6 Å². The van der Waals surface area contributed by atoms with Crippen LogP contribution >= 0.6 is 18.6 Å². The van der Waals surface area contributed by atoms with E-state index in [0.29, 0.717) is 5.76 Å². The van der Waals surface area contributed by atoms with Gasteiger partial charge in [0.2, 0.25) is 0 Å². The normalized spacial score (nSPS) is 12.1. The van der Waals surface area contributed by atoms with E-state index in [0.717, 1.165) is 5.56 Å². The minimum atomic E-state index is -2.12. The quantitative estimate of drug-likeness (QED) is 0.349. The van der Waals surface area contributed by atoms with Crippen LogP contribution in [0.1, 0.15) is 5.56 Å². The summed E-state index contributed by atoms with van der Waals surface area (Å²) in [6, 6.07) is 35.1. The first-order chi connectivity index (χ1) is 13.3. The van der Waals surface area contributed by atoms with Gasteiger partial charge >= 0.3 is 0 Å². The second kappa shape index (κ2) is 7.92. The third-order valence-electron chi connectivity index (χ3n) is 4.57. The monoisotopic (exact) mass is 387 g/mol. The summed E-state index contributed by atoms with van der Waals surface area (Å²) in [5, 5.41) is 15.7. The molecule has 0 atom stereocenters. The molecule has 3 aromatic carbocycles. The maximum absolute atomic E-state index is 11.1. The number of aliphatic hydroxyl groups excluding tert-OH is 1. The van der Waals surface area contributed by atoms with Gasteiger partial charge in [-0.15, -0.1) is 11.3 Å². The van der Waals surface area contributed by atoms with Crippen molar-refractivity contribution in [3.05, 3.63) is 120 Å². The Bertz CT molecular complexity index is 970. The zero-order valence-electron chi connectivity index (χ0n) is 14.8. The van der Waals surface area contributed by atoms with Crippen LogP contribution < -0.4 is 15.2 Å². The molecule has 1 heterocycles. The molecule has 0 radical (unpaired) electrons. The highest BCUT2D eigenvalue weighted by molar-refractivity contribution is 8.01. The Morgan fingerprint density at radius 2 is 1.19 bits per heavy atom. The third kappa shape index (κ3) is 3.47. The molecule has 1 N–H and O–H groups in total. The summed E-state index contributed by atoms with van der Waals surface area (Å²) in [4.78, 5) is 0. The molecule has 0 fully saturated rings. The molecule has 27 heavy (non-hydrogen) atoms. The van der Waals surface area contributed by atoms with E-state index in [1.807, 2.05) is 42.5 Å². The van der Waals surface area contributed by atoms with E-state index in [9.17, 15) is 5.11 Å². The Balaban J connectivity index is 2.02. The van der Waals surface area contributed by atoms with Gasteiger partial charge in [-0.25, -0.2) is 0 Å². The van der Waals surface area contributed by atoms with Gasteiger partial charge in [0.1, 0.15) is 16.4 Å². The average Bonchev–Trinajstić information content (AvgIpc) is 3.29. The molecule has 4 aromatic rings. The molecule has 132 valence electrons. The molecule has 1 nitrogen and oxygen atoms in total. The zero-order chi connectivity index (χ0) is 18.5. The number of benzene rings is 3. The van der Waals surface area contributed by atoms with Crippen molar-refractivity contribution in [1.29, 1.82) is 0 Å². The van der Waals surface area contributed by atoms with E-state index in [4.69, 9.17) is 0 Å². The van der Waals surface area contributed by atoms with Gasteiger partial charge in [-0.05, 0) is 41.8 Å². The maximum Gasteiger partial charge on any atom is 0.161 e. The Hall–Kier alpha value is -2.67. The van der Waals surface area contributed by atoms with Crippen molar-refractivity contribution in [2.24, 2.45) is 0 Å². The van der Waals surface area contributed by atoms with Gasteiger partial charge < -0.3 is 5.11 Å². The Morgan fingerprint density at radius 1 is 0.667 bits per heavy atom. The Kier molecular flexibility index (Phi) is 5.20. The van der Waals surface area contributed by atoms with Crippen LogP contribution in [0, 0.1) is 0 Å². The fourth-order valence-corrected chi connectivity index (χ4v) is 8.73. The number of aliphatic hydroxyl groups is 1. The van der Waals surface area contributed by atoms with E-state index >= 15 is 0 Å². The predicted molar refractivity (Wildman–Crippen MR) is 120 cm³/mol. The first-order valence-electron chi connectivity index (χ1n) is 8.82. The topological polar surface area (TPSA) is 20.2 Å². The molecular weight excluding hydrogens is 367 g/mol. The van der Waals surface area contributed by atoms with Crippen molar-refractivity contribution < 1.29 is 5.11 Å². The van der Waals surface area contributed by atoms with Gasteiger partial charge in [0, 0.05) is 5.56 Å². The summed E-state index contributed by atoms with van der Waals surface area (Å²) in [5.41, 5.74) is 0.838. The van der Waals surface area contributed by atoms with E-state index in [2.05, 4.69) is 71.9 Å². The summed E-state index contributed by atoms with van der Waals surface area (Å²) in [7, 11) is -2.12. The summed E-state index contributed by atoms with van der Waals surface area (Å²) >= 11 is 1.75. The van der Waals surface area contributed by atoms with Crippen LogP contribution in [-0.4, -0.2) is 5.11 Å². The highest BCUT2D eigenvalue weighted by atomic mass is 32.1. The molecular formula is C24H20OPS+. The van der Waals surface area contributed by atoms with Crippen LogP contribution in [0.15, 0.2) is 114 Å². The van der Waals surface area contributed by atoms with Crippen LogP contribution in [0.2, 0.25) is 0 Å². The third-order valence-corrected chi connectivity index (χ3v) is 10.1. The van der Waals surface area contributed by atoms with E-state index in [1.165, 1.54) is 15.2 Å². The average molecular weight is 387 g/mol. The van der Waals surface area contributed by atoms with Crippen LogP contribution in [0.25, 0.3) is 5.76 Å². The highest BCUT2D eigenvalue weighted by Crippen LogP contribution is 2.59. The predicted octanol–water partition coefficient (Wildman–Crippen LogP) is 5.60. The minimum absolute atomic E-state index is 0.324. The lowest BCUT2D eigenvalue weighted by Gasteiger charge is -2.22. The van der Waals surface area contributed by atoms with E-state index in [1.54, 1.807) is 11.3 Å². The van der Waals surface area contributed by atoms with E-state index in [-0.39, 0.29) is 0 Å². The first-order valence-corrected chi connectivity index (χ1v) is 11.6. The van der Waals surface area contributed by atoms with Crippen LogP contribution in [0.4, 0.5) is 0 Å². The standard InChI is InChI=1S/C24H19OPS/c25-23(20-11-4-1-5-12-20)19-26(24-17-10-18-27-24,21-13-6-2-7-14-21)22-15-8-3-9-16-22/h1-19H/p+1/b23-19-. The molecule has 0 saturated carbocycles. The largest absolute Gasteiger partial charge is 0.504 e. The first kappa shape index (κ1) is 17.7. The Morgan fingerprint density at radius 3 is 1.67 bits per heavy atom. The van der Waals surface area contributed by atoms with Crippen molar-refractivity contribution in [3.8, 4) is 0 Å².